The lowest BCUT2D eigenvalue weighted by Gasteiger charge is -2.17. The van der Waals surface area contributed by atoms with E-state index in [0.29, 0.717) is 5.75 Å². The Bertz CT molecular complexity index is 586. The second kappa shape index (κ2) is 7.74. The molecule has 0 spiro atoms. The largest absolute Gasteiger partial charge is 0.480 e. The van der Waals surface area contributed by atoms with Gasteiger partial charge < -0.3 is 10.4 Å². The maximum absolute atomic E-state index is 11.4. The number of carboxylic acids is 1. The van der Waals surface area contributed by atoms with Crippen molar-refractivity contribution in [2.24, 2.45) is 0 Å². The molecule has 1 atom stereocenters. The van der Waals surface area contributed by atoms with Crippen LogP contribution in [0.3, 0.4) is 0 Å². The standard InChI is InChI=1S/C17H19NO2S/c1-13-7-5-6-10-15(13)18-16(17(19)20)12-21-11-14-8-3-2-4-9-14/h2-10,16,18H,11-12H2,1H3,(H,19,20)/t16-/m0/s1. The van der Waals surface area contributed by atoms with Crippen LogP contribution in [-0.2, 0) is 10.5 Å². The third-order valence-electron chi connectivity index (χ3n) is 3.17. The molecular weight excluding hydrogens is 282 g/mol. The number of hydrogen-bond donors (Lipinski definition) is 2. The highest BCUT2D eigenvalue weighted by Crippen LogP contribution is 2.18. The van der Waals surface area contributed by atoms with Crippen molar-refractivity contribution in [3.8, 4) is 0 Å². The van der Waals surface area contributed by atoms with Gasteiger partial charge in [0.15, 0.2) is 0 Å². The van der Waals surface area contributed by atoms with Gasteiger partial charge in [-0.25, -0.2) is 4.79 Å². The van der Waals surface area contributed by atoms with E-state index >= 15 is 0 Å². The predicted molar refractivity (Wildman–Crippen MR) is 88.8 cm³/mol. The van der Waals surface area contributed by atoms with Crippen LogP contribution >= 0.6 is 11.8 Å². The zero-order chi connectivity index (χ0) is 15.1. The van der Waals surface area contributed by atoms with Gasteiger partial charge >= 0.3 is 5.97 Å². The summed E-state index contributed by atoms with van der Waals surface area (Å²) in [6.45, 7) is 1.97. The molecule has 2 rings (SSSR count). The molecule has 0 aliphatic carbocycles. The van der Waals surface area contributed by atoms with Gasteiger partial charge in [0, 0.05) is 17.2 Å². The maximum atomic E-state index is 11.4. The molecule has 4 heteroatoms. The fourth-order valence-electron chi connectivity index (χ4n) is 1.97. The van der Waals surface area contributed by atoms with Gasteiger partial charge in [0.05, 0.1) is 0 Å². The first kappa shape index (κ1) is 15.4. The van der Waals surface area contributed by atoms with Crippen molar-refractivity contribution < 1.29 is 9.90 Å². The molecule has 0 aliphatic heterocycles. The summed E-state index contributed by atoms with van der Waals surface area (Å²) in [6.07, 6.45) is 0. The Morgan fingerprint density at radius 3 is 2.48 bits per heavy atom. The topological polar surface area (TPSA) is 49.3 Å². The number of aliphatic carboxylic acids is 1. The van der Waals surface area contributed by atoms with Crippen molar-refractivity contribution in [1.29, 1.82) is 0 Å². The highest BCUT2D eigenvalue weighted by Gasteiger charge is 2.17. The number of rotatable bonds is 7. The molecule has 2 N–H and O–H groups in total. The van der Waals surface area contributed by atoms with Gasteiger partial charge in [0.2, 0.25) is 0 Å². The Hall–Kier alpha value is -1.94. The van der Waals surface area contributed by atoms with Crippen LogP contribution in [0.15, 0.2) is 54.6 Å². The molecular formula is C17H19NO2S. The Kier molecular flexibility index (Phi) is 5.69. The number of thioether (sulfide) groups is 1. The molecule has 0 aromatic heterocycles. The van der Waals surface area contributed by atoms with Crippen molar-refractivity contribution in [3.05, 3.63) is 65.7 Å². The zero-order valence-corrected chi connectivity index (χ0v) is 12.8. The first-order chi connectivity index (χ1) is 10.2. The Morgan fingerprint density at radius 2 is 1.81 bits per heavy atom. The lowest BCUT2D eigenvalue weighted by molar-refractivity contribution is -0.137. The monoisotopic (exact) mass is 301 g/mol. The van der Waals surface area contributed by atoms with Gasteiger partial charge in [-0.2, -0.15) is 11.8 Å². The van der Waals surface area contributed by atoms with Gasteiger partial charge in [0.25, 0.3) is 0 Å². The number of nitrogens with one attached hydrogen (secondary N) is 1. The molecule has 2 aromatic carbocycles. The van der Waals surface area contributed by atoms with E-state index in [0.717, 1.165) is 17.0 Å². The quantitative estimate of drug-likeness (QED) is 0.817. The van der Waals surface area contributed by atoms with Gasteiger partial charge in [-0.3, -0.25) is 0 Å². The summed E-state index contributed by atoms with van der Waals surface area (Å²) in [5.74, 6) is 0.525. The normalized spacial score (nSPS) is 11.9. The summed E-state index contributed by atoms with van der Waals surface area (Å²) in [5.41, 5.74) is 3.14. The molecule has 0 unspecified atom stereocenters. The summed E-state index contributed by atoms with van der Waals surface area (Å²) in [6, 6.07) is 17.2. The highest BCUT2D eigenvalue weighted by atomic mass is 32.2. The molecule has 110 valence electrons. The summed E-state index contributed by atoms with van der Waals surface area (Å²) in [7, 11) is 0. The van der Waals surface area contributed by atoms with Gasteiger partial charge in [-0.15, -0.1) is 0 Å². The Morgan fingerprint density at radius 1 is 1.14 bits per heavy atom. The predicted octanol–water partition coefficient (Wildman–Crippen LogP) is 3.79. The lowest BCUT2D eigenvalue weighted by Crippen LogP contribution is -2.32. The van der Waals surface area contributed by atoms with Crippen LogP contribution in [0.2, 0.25) is 0 Å². The van der Waals surface area contributed by atoms with Crippen molar-refractivity contribution in [3.63, 3.8) is 0 Å². The number of hydrogen-bond acceptors (Lipinski definition) is 3. The van der Waals surface area contributed by atoms with Crippen LogP contribution in [0.4, 0.5) is 5.69 Å². The van der Waals surface area contributed by atoms with Crippen LogP contribution in [0.5, 0.6) is 0 Å². The van der Waals surface area contributed by atoms with Crippen LogP contribution in [0, 0.1) is 6.92 Å². The van der Waals surface area contributed by atoms with E-state index in [9.17, 15) is 9.90 Å². The number of para-hydroxylation sites is 1. The fourth-order valence-corrected chi connectivity index (χ4v) is 2.97. The summed E-state index contributed by atoms with van der Waals surface area (Å²) in [4.78, 5) is 11.4. The van der Waals surface area contributed by atoms with E-state index in [1.165, 1.54) is 5.56 Å². The third kappa shape index (κ3) is 4.83. The molecule has 0 fully saturated rings. The Balaban J connectivity index is 1.91. The first-order valence-corrected chi connectivity index (χ1v) is 7.99. The number of carbonyl (C=O) groups is 1. The van der Waals surface area contributed by atoms with Crippen molar-refractivity contribution in [2.75, 3.05) is 11.1 Å². The molecule has 0 aliphatic rings. The second-order valence-corrected chi connectivity index (χ2v) is 5.88. The minimum absolute atomic E-state index is 0.526. The van der Waals surface area contributed by atoms with Crippen molar-refractivity contribution >= 4 is 23.4 Å². The molecule has 0 bridgehead atoms. The van der Waals surface area contributed by atoms with Crippen LogP contribution in [0.1, 0.15) is 11.1 Å². The second-order valence-electron chi connectivity index (χ2n) is 4.85. The minimum Gasteiger partial charge on any atom is -0.480 e. The van der Waals surface area contributed by atoms with E-state index in [4.69, 9.17) is 0 Å². The molecule has 3 nitrogen and oxygen atoms in total. The number of benzene rings is 2. The van der Waals surface area contributed by atoms with Gasteiger partial charge in [-0.05, 0) is 24.1 Å². The molecule has 0 radical (unpaired) electrons. The number of carboxylic acid groups (broad SMARTS) is 1. The van der Waals surface area contributed by atoms with Crippen molar-refractivity contribution in [1.82, 2.24) is 0 Å². The summed E-state index contributed by atoms with van der Waals surface area (Å²) < 4.78 is 0. The van der Waals surface area contributed by atoms with E-state index in [1.54, 1.807) is 11.8 Å². The molecule has 0 saturated carbocycles. The highest BCUT2D eigenvalue weighted by molar-refractivity contribution is 7.98. The molecule has 2 aromatic rings. The smallest absolute Gasteiger partial charge is 0.326 e. The average molecular weight is 301 g/mol. The zero-order valence-electron chi connectivity index (χ0n) is 12.0. The number of aryl methyl sites for hydroxylation is 1. The SMILES string of the molecule is Cc1ccccc1N[C@@H](CSCc1ccccc1)C(=O)O. The van der Waals surface area contributed by atoms with Crippen LogP contribution in [0.25, 0.3) is 0 Å². The third-order valence-corrected chi connectivity index (χ3v) is 4.28. The molecule has 0 amide bonds. The number of anilines is 1. The van der Waals surface area contributed by atoms with E-state index < -0.39 is 12.0 Å². The van der Waals surface area contributed by atoms with E-state index in [2.05, 4.69) is 17.4 Å². The van der Waals surface area contributed by atoms with E-state index in [-0.39, 0.29) is 0 Å². The Labute approximate surface area is 129 Å². The van der Waals surface area contributed by atoms with E-state index in [1.807, 2.05) is 49.4 Å². The van der Waals surface area contributed by atoms with Gasteiger partial charge in [0.1, 0.15) is 6.04 Å². The average Bonchev–Trinajstić information content (AvgIpc) is 2.49. The van der Waals surface area contributed by atoms with Crippen LogP contribution in [-0.4, -0.2) is 22.9 Å². The summed E-state index contributed by atoms with van der Waals surface area (Å²) >= 11 is 1.62. The van der Waals surface area contributed by atoms with Crippen molar-refractivity contribution in [2.45, 2.75) is 18.7 Å². The minimum atomic E-state index is -0.821. The molecule has 21 heavy (non-hydrogen) atoms. The summed E-state index contributed by atoms with van der Waals surface area (Å²) in [5, 5.41) is 12.5. The fraction of sp³-hybridized carbons (Fsp3) is 0.235. The molecule has 0 heterocycles. The lowest BCUT2D eigenvalue weighted by atomic mass is 10.2. The first-order valence-electron chi connectivity index (χ1n) is 6.83. The molecule has 0 saturated heterocycles. The van der Waals surface area contributed by atoms with Gasteiger partial charge in [-0.1, -0.05) is 48.5 Å². The van der Waals surface area contributed by atoms with Crippen LogP contribution < -0.4 is 5.32 Å². The maximum Gasteiger partial charge on any atom is 0.326 e.